The molecule has 0 heterocycles. The molecule has 15 heavy (non-hydrogen) atoms. The Morgan fingerprint density at radius 2 is 1.80 bits per heavy atom. The van der Waals surface area contributed by atoms with Crippen LogP contribution >= 0.6 is 11.6 Å². The zero-order chi connectivity index (χ0) is 11.5. The summed E-state index contributed by atoms with van der Waals surface area (Å²) >= 11 is 5.96. The average Bonchev–Trinajstić information content (AvgIpc) is 2.05. The molecule has 0 spiro atoms. The molecule has 0 fully saturated rings. The van der Waals surface area contributed by atoms with Gasteiger partial charge in [0.05, 0.1) is 11.1 Å². The number of rotatable bonds is 4. The van der Waals surface area contributed by atoms with Crippen LogP contribution in [-0.2, 0) is 16.3 Å². The van der Waals surface area contributed by atoms with Crippen molar-refractivity contribution in [1.82, 2.24) is 0 Å². The van der Waals surface area contributed by atoms with Gasteiger partial charge < -0.3 is 0 Å². The molecule has 1 aromatic carbocycles. The van der Waals surface area contributed by atoms with Crippen LogP contribution in [0.15, 0.2) is 24.3 Å². The highest BCUT2D eigenvalue weighted by molar-refractivity contribution is 7.90. The summed E-state index contributed by atoms with van der Waals surface area (Å²) in [6, 6.07) is 7.96. The first-order chi connectivity index (χ1) is 6.87. The lowest BCUT2D eigenvalue weighted by molar-refractivity contribution is 0.599. The van der Waals surface area contributed by atoms with E-state index in [0.717, 1.165) is 5.56 Å². The summed E-state index contributed by atoms with van der Waals surface area (Å²) in [7, 11) is -2.98. The van der Waals surface area contributed by atoms with E-state index >= 15 is 0 Å². The molecule has 0 aliphatic heterocycles. The average molecular weight is 247 g/mol. The number of alkyl halides is 1. The molecule has 1 unspecified atom stereocenters. The predicted molar refractivity (Wildman–Crippen MR) is 64.2 cm³/mol. The topological polar surface area (TPSA) is 34.1 Å². The van der Waals surface area contributed by atoms with Crippen molar-refractivity contribution < 1.29 is 8.42 Å². The van der Waals surface area contributed by atoms with Gasteiger partial charge >= 0.3 is 0 Å². The van der Waals surface area contributed by atoms with Crippen LogP contribution in [0.3, 0.4) is 0 Å². The van der Waals surface area contributed by atoms with Crippen molar-refractivity contribution >= 4 is 21.4 Å². The van der Waals surface area contributed by atoms with E-state index in [9.17, 15) is 8.42 Å². The second-order valence-corrected chi connectivity index (χ2v) is 6.68. The molecule has 84 valence electrons. The zero-order valence-corrected chi connectivity index (χ0v) is 10.5. The normalized spacial score (nSPS) is 13.8. The number of benzene rings is 1. The highest BCUT2D eigenvalue weighted by Gasteiger charge is 2.12. The van der Waals surface area contributed by atoms with Gasteiger partial charge in [0.2, 0.25) is 0 Å². The molecule has 0 N–H and O–H groups in total. The number of halogens is 1. The smallest absolute Gasteiger partial charge is 0.148 e. The second-order valence-electron chi connectivity index (χ2n) is 3.88. The summed E-state index contributed by atoms with van der Waals surface area (Å²) < 4.78 is 22.0. The molecule has 0 saturated carbocycles. The Balaban J connectivity index is 2.59. The van der Waals surface area contributed by atoms with E-state index in [4.69, 9.17) is 11.6 Å². The van der Waals surface area contributed by atoms with Crippen molar-refractivity contribution in [3.8, 4) is 0 Å². The van der Waals surface area contributed by atoms with Gasteiger partial charge in [-0.3, -0.25) is 0 Å². The number of hydrogen-bond donors (Lipinski definition) is 0. The lowest BCUT2D eigenvalue weighted by Crippen LogP contribution is -2.17. The van der Waals surface area contributed by atoms with Crippen LogP contribution in [0.2, 0.25) is 0 Å². The Morgan fingerprint density at radius 1 is 1.27 bits per heavy atom. The Bertz CT molecular complexity index is 409. The van der Waals surface area contributed by atoms with E-state index in [1.807, 2.05) is 31.2 Å². The third-order valence-corrected chi connectivity index (χ3v) is 3.56. The van der Waals surface area contributed by atoms with Gasteiger partial charge in [0.15, 0.2) is 0 Å². The van der Waals surface area contributed by atoms with E-state index in [1.54, 1.807) is 0 Å². The SMILES string of the molecule is Cc1ccc(CC(Cl)CS(C)(=O)=O)cc1. The van der Waals surface area contributed by atoms with Gasteiger partial charge in [0, 0.05) is 6.26 Å². The molecule has 0 amide bonds. The number of hydrogen-bond acceptors (Lipinski definition) is 2. The van der Waals surface area contributed by atoms with Crippen molar-refractivity contribution in [2.24, 2.45) is 0 Å². The summed E-state index contributed by atoms with van der Waals surface area (Å²) in [5.41, 5.74) is 2.26. The minimum absolute atomic E-state index is 0.0302. The van der Waals surface area contributed by atoms with Gasteiger partial charge in [-0.1, -0.05) is 29.8 Å². The lowest BCUT2D eigenvalue weighted by atomic mass is 10.1. The van der Waals surface area contributed by atoms with Crippen LogP contribution < -0.4 is 0 Å². The quantitative estimate of drug-likeness (QED) is 0.764. The van der Waals surface area contributed by atoms with Gasteiger partial charge in [-0.15, -0.1) is 11.6 Å². The summed E-state index contributed by atoms with van der Waals surface area (Å²) in [6.45, 7) is 2.01. The van der Waals surface area contributed by atoms with E-state index < -0.39 is 9.84 Å². The third kappa shape index (κ3) is 5.19. The Hall–Kier alpha value is -0.540. The molecule has 0 saturated heterocycles. The highest BCUT2D eigenvalue weighted by Crippen LogP contribution is 2.11. The summed E-state index contributed by atoms with van der Waals surface area (Å²) in [4.78, 5) is 0. The summed E-state index contributed by atoms with van der Waals surface area (Å²) in [5.74, 6) is 0.0302. The van der Waals surface area contributed by atoms with Gasteiger partial charge in [-0.05, 0) is 18.9 Å². The van der Waals surface area contributed by atoms with Crippen LogP contribution in [0, 0.1) is 6.92 Å². The highest BCUT2D eigenvalue weighted by atomic mass is 35.5. The van der Waals surface area contributed by atoms with Crippen molar-refractivity contribution in [3.63, 3.8) is 0 Å². The lowest BCUT2D eigenvalue weighted by Gasteiger charge is -2.08. The maximum absolute atomic E-state index is 11.0. The van der Waals surface area contributed by atoms with Crippen molar-refractivity contribution in [3.05, 3.63) is 35.4 Å². The summed E-state index contributed by atoms with van der Waals surface area (Å²) in [6.07, 6.45) is 1.80. The van der Waals surface area contributed by atoms with Crippen LogP contribution in [0.5, 0.6) is 0 Å². The van der Waals surface area contributed by atoms with Crippen LogP contribution in [0.4, 0.5) is 0 Å². The van der Waals surface area contributed by atoms with Crippen LogP contribution in [0.1, 0.15) is 11.1 Å². The van der Waals surface area contributed by atoms with Crippen molar-refractivity contribution in [2.45, 2.75) is 18.7 Å². The first kappa shape index (κ1) is 12.5. The van der Waals surface area contributed by atoms with Crippen molar-refractivity contribution in [2.75, 3.05) is 12.0 Å². The minimum atomic E-state index is -2.98. The van der Waals surface area contributed by atoms with E-state index in [1.165, 1.54) is 11.8 Å². The van der Waals surface area contributed by atoms with Gasteiger partial charge in [0.1, 0.15) is 9.84 Å². The first-order valence-corrected chi connectivity index (χ1v) is 7.24. The zero-order valence-electron chi connectivity index (χ0n) is 8.90. The molecular weight excluding hydrogens is 232 g/mol. The molecule has 1 atom stereocenters. The van der Waals surface area contributed by atoms with Gasteiger partial charge in [0.25, 0.3) is 0 Å². The van der Waals surface area contributed by atoms with Gasteiger partial charge in [-0.2, -0.15) is 0 Å². The van der Waals surface area contributed by atoms with Crippen molar-refractivity contribution in [1.29, 1.82) is 0 Å². The number of sulfone groups is 1. The minimum Gasteiger partial charge on any atom is -0.229 e. The van der Waals surface area contributed by atoms with Gasteiger partial charge in [-0.25, -0.2) is 8.42 Å². The molecule has 0 aliphatic rings. The Kier molecular flexibility index (Phi) is 4.17. The largest absolute Gasteiger partial charge is 0.229 e. The maximum atomic E-state index is 11.0. The molecule has 4 heteroatoms. The molecule has 1 rings (SSSR count). The predicted octanol–water partition coefficient (Wildman–Crippen LogP) is 2.19. The molecule has 0 aliphatic carbocycles. The fourth-order valence-electron chi connectivity index (χ4n) is 1.37. The fraction of sp³-hybridized carbons (Fsp3) is 0.455. The van der Waals surface area contributed by atoms with E-state index in [0.29, 0.717) is 6.42 Å². The summed E-state index contributed by atoms with van der Waals surface area (Å²) in [5, 5.41) is -0.345. The van der Waals surface area contributed by atoms with Crippen LogP contribution in [0.25, 0.3) is 0 Å². The maximum Gasteiger partial charge on any atom is 0.148 e. The monoisotopic (exact) mass is 246 g/mol. The second kappa shape index (κ2) is 4.99. The molecule has 2 nitrogen and oxygen atoms in total. The molecule has 0 aromatic heterocycles. The van der Waals surface area contributed by atoms with E-state index in [-0.39, 0.29) is 11.1 Å². The Morgan fingerprint density at radius 3 is 2.27 bits per heavy atom. The van der Waals surface area contributed by atoms with E-state index in [2.05, 4.69) is 0 Å². The molecule has 0 bridgehead atoms. The first-order valence-electron chi connectivity index (χ1n) is 4.74. The molecule has 0 radical (unpaired) electrons. The number of aryl methyl sites for hydroxylation is 1. The molecular formula is C11H15ClO2S. The van der Waals surface area contributed by atoms with Crippen LogP contribution in [-0.4, -0.2) is 25.8 Å². The standard InChI is InChI=1S/C11H15ClO2S/c1-9-3-5-10(6-4-9)7-11(12)8-15(2,13)14/h3-6,11H,7-8H2,1-2H3. The Labute approximate surface area is 96.2 Å². The molecule has 1 aromatic rings. The fourth-order valence-corrected chi connectivity index (χ4v) is 3.01. The third-order valence-electron chi connectivity index (χ3n) is 2.06.